The summed E-state index contributed by atoms with van der Waals surface area (Å²) in [5.41, 5.74) is 6.63. The van der Waals surface area contributed by atoms with Crippen molar-refractivity contribution in [2.45, 2.75) is 6.61 Å². The van der Waals surface area contributed by atoms with E-state index in [4.69, 9.17) is 15.2 Å². The summed E-state index contributed by atoms with van der Waals surface area (Å²) in [5, 5.41) is 0. The fourth-order valence-corrected chi connectivity index (χ4v) is 2.12. The first kappa shape index (κ1) is 14.4. The maximum atomic E-state index is 11.0. The van der Waals surface area contributed by atoms with Gasteiger partial charge in [0.05, 0.1) is 11.6 Å². The van der Waals surface area contributed by atoms with Crippen LogP contribution < -0.4 is 15.2 Å². The number of rotatable bonds is 5. The summed E-state index contributed by atoms with van der Waals surface area (Å²) in [5.74, 6) is 1.05. The van der Waals surface area contributed by atoms with E-state index < -0.39 is 5.91 Å². The summed E-state index contributed by atoms with van der Waals surface area (Å²) in [6.45, 7) is 0.407. The average Bonchev–Trinajstić information content (AvgIpc) is 2.46. The van der Waals surface area contributed by atoms with Crippen LogP contribution in [-0.4, -0.2) is 13.0 Å². The van der Waals surface area contributed by atoms with Gasteiger partial charge in [0, 0.05) is 5.56 Å². The molecule has 2 aromatic carbocycles. The van der Waals surface area contributed by atoms with Crippen molar-refractivity contribution in [2.24, 2.45) is 5.73 Å². The van der Waals surface area contributed by atoms with Crippen LogP contribution in [0.4, 0.5) is 0 Å². The van der Waals surface area contributed by atoms with Crippen LogP contribution in [0.25, 0.3) is 0 Å². The van der Waals surface area contributed by atoms with Gasteiger partial charge in [0.1, 0.15) is 18.1 Å². The molecule has 104 valence electrons. The number of amides is 1. The molecule has 0 unspecified atom stereocenters. The van der Waals surface area contributed by atoms with Crippen molar-refractivity contribution in [1.29, 1.82) is 0 Å². The molecule has 0 saturated carbocycles. The molecule has 0 aliphatic heterocycles. The number of primary amides is 1. The number of halogens is 1. The molecule has 0 bridgehead atoms. The van der Waals surface area contributed by atoms with E-state index in [9.17, 15) is 4.79 Å². The van der Waals surface area contributed by atoms with E-state index in [0.29, 0.717) is 12.2 Å². The lowest BCUT2D eigenvalue weighted by atomic mass is 10.1. The zero-order valence-corrected chi connectivity index (χ0v) is 12.5. The Morgan fingerprint density at radius 2 is 1.90 bits per heavy atom. The van der Waals surface area contributed by atoms with Gasteiger partial charge in [0.2, 0.25) is 5.91 Å². The Morgan fingerprint density at radius 1 is 1.20 bits per heavy atom. The third-order valence-electron chi connectivity index (χ3n) is 2.77. The second kappa shape index (κ2) is 6.43. The quantitative estimate of drug-likeness (QED) is 0.912. The highest BCUT2D eigenvalue weighted by molar-refractivity contribution is 9.10. The van der Waals surface area contributed by atoms with Crippen molar-refractivity contribution in [3.8, 4) is 11.5 Å². The van der Waals surface area contributed by atoms with Gasteiger partial charge in [0.25, 0.3) is 0 Å². The summed E-state index contributed by atoms with van der Waals surface area (Å²) in [6, 6.07) is 12.5. The molecule has 0 heterocycles. The molecule has 2 N–H and O–H groups in total. The number of methoxy groups -OCH3 is 1. The predicted molar refractivity (Wildman–Crippen MR) is 80.0 cm³/mol. The minimum Gasteiger partial charge on any atom is -0.497 e. The topological polar surface area (TPSA) is 61.6 Å². The number of carbonyl (C=O) groups is 1. The van der Waals surface area contributed by atoms with Crippen LogP contribution >= 0.6 is 15.9 Å². The molecule has 0 aliphatic carbocycles. The van der Waals surface area contributed by atoms with Crippen molar-refractivity contribution in [2.75, 3.05) is 7.11 Å². The highest BCUT2D eigenvalue weighted by Crippen LogP contribution is 2.29. The second-order valence-electron chi connectivity index (χ2n) is 4.15. The lowest BCUT2D eigenvalue weighted by molar-refractivity contribution is 0.1000. The molecule has 1 amide bonds. The highest BCUT2D eigenvalue weighted by atomic mass is 79.9. The van der Waals surface area contributed by atoms with Crippen LogP contribution in [-0.2, 0) is 6.61 Å². The van der Waals surface area contributed by atoms with E-state index in [1.807, 2.05) is 30.3 Å². The molecule has 0 saturated heterocycles. The van der Waals surface area contributed by atoms with Crippen molar-refractivity contribution >= 4 is 21.8 Å². The summed E-state index contributed by atoms with van der Waals surface area (Å²) in [4.78, 5) is 11.0. The van der Waals surface area contributed by atoms with Crippen LogP contribution in [0.5, 0.6) is 11.5 Å². The van der Waals surface area contributed by atoms with Gasteiger partial charge in [-0.2, -0.15) is 0 Å². The van der Waals surface area contributed by atoms with Crippen LogP contribution in [0.1, 0.15) is 15.9 Å². The lowest BCUT2D eigenvalue weighted by Gasteiger charge is -2.09. The normalized spacial score (nSPS) is 10.1. The summed E-state index contributed by atoms with van der Waals surface area (Å²) in [7, 11) is 1.61. The number of ether oxygens (including phenoxy) is 2. The number of hydrogen-bond acceptors (Lipinski definition) is 3. The molecule has 0 aliphatic rings. The van der Waals surface area contributed by atoms with Gasteiger partial charge in [-0.15, -0.1) is 0 Å². The first-order valence-electron chi connectivity index (χ1n) is 5.95. The van der Waals surface area contributed by atoms with Crippen LogP contribution in [0.2, 0.25) is 0 Å². The fraction of sp³-hybridized carbons (Fsp3) is 0.133. The summed E-state index contributed by atoms with van der Waals surface area (Å²) < 4.78 is 11.6. The standard InChI is InChI=1S/C15H14BrNO3/c1-19-12-6-7-14(13(16)8-12)20-9-10-2-4-11(5-3-10)15(17)18/h2-8H,9H2,1H3,(H2,17,18). The second-order valence-corrected chi connectivity index (χ2v) is 5.00. The maximum absolute atomic E-state index is 11.0. The Balaban J connectivity index is 2.03. The van der Waals surface area contributed by atoms with Crippen LogP contribution in [0.15, 0.2) is 46.9 Å². The molecule has 20 heavy (non-hydrogen) atoms. The van der Waals surface area contributed by atoms with Gasteiger partial charge in [-0.25, -0.2) is 0 Å². The van der Waals surface area contributed by atoms with Gasteiger partial charge in [-0.3, -0.25) is 4.79 Å². The van der Waals surface area contributed by atoms with Gasteiger partial charge in [-0.1, -0.05) is 12.1 Å². The zero-order valence-electron chi connectivity index (χ0n) is 10.9. The van der Waals surface area contributed by atoms with E-state index in [-0.39, 0.29) is 0 Å². The molecule has 2 rings (SSSR count). The largest absolute Gasteiger partial charge is 0.497 e. The lowest BCUT2D eigenvalue weighted by Crippen LogP contribution is -2.10. The monoisotopic (exact) mass is 335 g/mol. The molecule has 2 aromatic rings. The van der Waals surface area contributed by atoms with Gasteiger partial charge in [-0.05, 0) is 51.8 Å². The van der Waals surface area contributed by atoms with Gasteiger partial charge in [0.15, 0.2) is 0 Å². The predicted octanol–water partition coefficient (Wildman–Crippen LogP) is 3.14. The maximum Gasteiger partial charge on any atom is 0.248 e. The van der Waals surface area contributed by atoms with Gasteiger partial charge < -0.3 is 15.2 Å². The van der Waals surface area contributed by atoms with Crippen LogP contribution in [0, 0.1) is 0 Å². The van der Waals surface area contributed by atoms with Crippen LogP contribution in [0.3, 0.4) is 0 Å². The minimum absolute atomic E-state index is 0.407. The SMILES string of the molecule is COc1ccc(OCc2ccc(C(N)=O)cc2)c(Br)c1. The Bertz CT molecular complexity index is 611. The van der Waals surface area contributed by atoms with Gasteiger partial charge >= 0.3 is 0 Å². The first-order valence-corrected chi connectivity index (χ1v) is 6.74. The highest BCUT2D eigenvalue weighted by Gasteiger charge is 2.04. The van der Waals surface area contributed by atoms with E-state index in [1.165, 1.54) is 0 Å². The van der Waals surface area contributed by atoms with E-state index >= 15 is 0 Å². The Morgan fingerprint density at radius 3 is 2.45 bits per heavy atom. The average molecular weight is 336 g/mol. The molecule has 5 heteroatoms. The smallest absolute Gasteiger partial charge is 0.248 e. The number of benzene rings is 2. The van der Waals surface area contributed by atoms with Crippen molar-refractivity contribution in [1.82, 2.24) is 0 Å². The summed E-state index contributed by atoms with van der Waals surface area (Å²) in [6.07, 6.45) is 0. The first-order chi connectivity index (χ1) is 9.60. The minimum atomic E-state index is -0.435. The molecule has 0 aromatic heterocycles. The number of nitrogens with two attached hydrogens (primary N) is 1. The van der Waals surface area contributed by atoms with Crippen molar-refractivity contribution in [3.05, 3.63) is 58.1 Å². The Kier molecular flexibility index (Phi) is 4.63. The molecule has 0 spiro atoms. The molecular formula is C15H14BrNO3. The molecule has 0 fully saturated rings. The van der Waals surface area contributed by atoms with Crippen molar-refractivity contribution in [3.63, 3.8) is 0 Å². The van der Waals surface area contributed by atoms with E-state index in [1.54, 1.807) is 19.2 Å². The molecular weight excluding hydrogens is 322 g/mol. The third-order valence-corrected chi connectivity index (χ3v) is 3.39. The molecule has 4 nitrogen and oxygen atoms in total. The fourth-order valence-electron chi connectivity index (χ4n) is 1.65. The molecule has 0 atom stereocenters. The Labute approximate surface area is 125 Å². The number of carbonyl (C=O) groups excluding carboxylic acids is 1. The third kappa shape index (κ3) is 3.51. The zero-order chi connectivity index (χ0) is 14.5. The molecule has 0 radical (unpaired) electrons. The summed E-state index contributed by atoms with van der Waals surface area (Å²) >= 11 is 3.43. The van der Waals surface area contributed by atoms with Crippen molar-refractivity contribution < 1.29 is 14.3 Å². The van der Waals surface area contributed by atoms with E-state index in [0.717, 1.165) is 21.5 Å². The Hall–Kier alpha value is -2.01. The number of hydrogen-bond donors (Lipinski definition) is 1. The van der Waals surface area contributed by atoms with E-state index in [2.05, 4.69) is 15.9 Å².